The molecule has 0 spiro atoms. The molecule has 0 saturated heterocycles. The van der Waals surface area contributed by atoms with Gasteiger partial charge < -0.3 is 10.6 Å². The molecule has 1 aromatic rings. The van der Waals surface area contributed by atoms with Gasteiger partial charge in [0.25, 0.3) is 0 Å². The summed E-state index contributed by atoms with van der Waals surface area (Å²) < 4.78 is 0. The van der Waals surface area contributed by atoms with E-state index in [1.54, 1.807) is 0 Å². The summed E-state index contributed by atoms with van der Waals surface area (Å²) in [6, 6.07) is 10.7. The lowest BCUT2D eigenvalue weighted by molar-refractivity contribution is 0.591. The molecule has 0 aliphatic heterocycles. The first-order chi connectivity index (χ1) is 7.93. The van der Waals surface area contributed by atoms with Crippen molar-refractivity contribution >= 4 is 0 Å². The Kier molecular flexibility index (Phi) is 7.74. The highest BCUT2D eigenvalue weighted by Crippen LogP contribution is 2.01. The third kappa shape index (κ3) is 6.59. The maximum absolute atomic E-state index is 3.49. The van der Waals surface area contributed by atoms with Crippen LogP contribution in [0.15, 0.2) is 30.3 Å². The van der Waals surface area contributed by atoms with Gasteiger partial charge in [0.05, 0.1) is 0 Å². The van der Waals surface area contributed by atoms with Gasteiger partial charge in [0.2, 0.25) is 0 Å². The zero-order chi connectivity index (χ0) is 11.5. The summed E-state index contributed by atoms with van der Waals surface area (Å²) in [5.74, 6) is 0. The van der Waals surface area contributed by atoms with Gasteiger partial charge in [-0.2, -0.15) is 0 Å². The van der Waals surface area contributed by atoms with Crippen LogP contribution >= 0.6 is 0 Å². The third-order valence-corrected chi connectivity index (χ3v) is 2.69. The van der Waals surface area contributed by atoms with Crippen molar-refractivity contribution in [1.82, 2.24) is 10.6 Å². The van der Waals surface area contributed by atoms with E-state index in [0.29, 0.717) is 0 Å². The molecule has 90 valence electrons. The molecule has 2 heteroatoms. The minimum absolute atomic E-state index is 1.13. The molecule has 0 aliphatic carbocycles. The topological polar surface area (TPSA) is 24.1 Å². The molecule has 0 atom stereocenters. The second-order valence-corrected chi connectivity index (χ2v) is 4.15. The predicted molar refractivity (Wildman–Crippen MR) is 70.8 cm³/mol. The first-order valence-electron chi connectivity index (χ1n) is 6.32. The number of unbranched alkanes of at least 4 members (excludes halogenated alkanes) is 1. The highest BCUT2D eigenvalue weighted by molar-refractivity contribution is 5.14. The summed E-state index contributed by atoms with van der Waals surface area (Å²) in [7, 11) is 2.01. The molecule has 1 rings (SSSR count). The van der Waals surface area contributed by atoms with Gasteiger partial charge >= 0.3 is 0 Å². The van der Waals surface area contributed by atoms with Crippen molar-refractivity contribution in [2.75, 3.05) is 26.7 Å². The van der Waals surface area contributed by atoms with E-state index >= 15 is 0 Å². The summed E-state index contributed by atoms with van der Waals surface area (Å²) in [4.78, 5) is 0. The van der Waals surface area contributed by atoms with E-state index in [-0.39, 0.29) is 0 Å². The summed E-state index contributed by atoms with van der Waals surface area (Å²) in [6.07, 6.45) is 4.95. The molecule has 0 aromatic heterocycles. The predicted octanol–water partition coefficient (Wildman–Crippen LogP) is 2.21. The number of hydrogen-bond acceptors (Lipinski definition) is 2. The fourth-order valence-corrected chi connectivity index (χ4v) is 1.74. The first-order valence-corrected chi connectivity index (χ1v) is 6.32. The van der Waals surface area contributed by atoms with Crippen molar-refractivity contribution < 1.29 is 0 Å². The van der Waals surface area contributed by atoms with E-state index in [4.69, 9.17) is 0 Å². The van der Waals surface area contributed by atoms with Gasteiger partial charge in [0.1, 0.15) is 0 Å². The average Bonchev–Trinajstić information content (AvgIpc) is 2.34. The summed E-state index contributed by atoms with van der Waals surface area (Å²) >= 11 is 0. The summed E-state index contributed by atoms with van der Waals surface area (Å²) in [6.45, 7) is 3.41. The van der Waals surface area contributed by atoms with Crippen LogP contribution in [0.1, 0.15) is 24.8 Å². The number of rotatable bonds is 9. The molecule has 0 heterocycles. The molecule has 16 heavy (non-hydrogen) atoms. The minimum atomic E-state index is 1.13. The van der Waals surface area contributed by atoms with Crippen LogP contribution in [-0.4, -0.2) is 26.7 Å². The standard InChI is InChI=1S/C14H24N2/c1-15-11-5-6-12-16-13-7-10-14-8-3-2-4-9-14/h2-4,8-9,15-16H,5-7,10-13H2,1H3. The lowest BCUT2D eigenvalue weighted by atomic mass is 10.1. The van der Waals surface area contributed by atoms with E-state index in [0.717, 1.165) is 19.6 Å². The van der Waals surface area contributed by atoms with Crippen molar-refractivity contribution in [3.8, 4) is 0 Å². The monoisotopic (exact) mass is 220 g/mol. The Morgan fingerprint density at radius 1 is 0.875 bits per heavy atom. The van der Waals surface area contributed by atoms with Gasteiger partial charge in [0.15, 0.2) is 0 Å². The van der Waals surface area contributed by atoms with Crippen molar-refractivity contribution in [3.63, 3.8) is 0 Å². The SMILES string of the molecule is CNCCCCNCCCc1ccccc1. The lowest BCUT2D eigenvalue weighted by Crippen LogP contribution is -2.18. The fourth-order valence-electron chi connectivity index (χ4n) is 1.74. The van der Waals surface area contributed by atoms with Crippen LogP contribution in [0, 0.1) is 0 Å². The second-order valence-electron chi connectivity index (χ2n) is 4.15. The quantitative estimate of drug-likeness (QED) is 0.624. The van der Waals surface area contributed by atoms with Crippen LogP contribution in [0.5, 0.6) is 0 Å². The Bertz CT molecular complexity index is 246. The Balaban J connectivity index is 1.89. The minimum Gasteiger partial charge on any atom is -0.320 e. The Morgan fingerprint density at radius 2 is 1.56 bits per heavy atom. The van der Waals surface area contributed by atoms with E-state index in [2.05, 4.69) is 41.0 Å². The van der Waals surface area contributed by atoms with Crippen molar-refractivity contribution in [1.29, 1.82) is 0 Å². The van der Waals surface area contributed by atoms with Crippen molar-refractivity contribution in [2.24, 2.45) is 0 Å². The van der Waals surface area contributed by atoms with E-state index < -0.39 is 0 Å². The lowest BCUT2D eigenvalue weighted by Gasteiger charge is -2.04. The van der Waals surface area contributed by atoms with Gasteiger partial charge in [-0.3, -0.25) is 0 Å². The fraction of sp³-hybridized carbons (Fsp3) is 0.571. The zero-order valence-corrected chi connectivity index (χ0v) is 10.3. The molecule has 0 aliphatic rings. The van der Waals surface area contributed by atoms with Crippen LogP contribution in [0.25, 0.3) is 0 Å². The van der Waals surface area contributed by atoms with Crippen LogP contribution in [-0.2, 0) is 6.42 Å². The zero-order valence-electron chi connectivity index (χ0n) is 10.3. The molecular weight excluding hydrogens is 196 g/mol. The largest absolute Gasteiger partial charge is 0.320 e. The molecule has 2 N–H and O–H groups in total. The van der Waals surface area contributed by atoms with Crippen molar-refractivity contribution in [2.45, 2.75) is 25.7 Å². The van der Waals surface area contributed by atoms with Crippen LogP contribution in [0.3, 0.4) is 0 Å². The normalized spacial score (nSPS) is 10.6. The first kappa shape index (κ1) is 13.2. The van der Waals surface area contributed by atoms with E-state index in [1.165, 1.54) is 31.2 Å². The molecule has 0 saturated carbocycles. The average molecular weight is 220 g/mol. The highest BCUT2D eigenvalue weighted by atomic mass is 14.8. The third-order valence-electron chi connectivity index (χ3n) is 2.69. The van der Waals surface area contributed by atoms with Gasteiger partial charge in [-0.1, -0.05) is 30.3 Å². The molecular formula is C14H24N2. The second kappa shape index (κ2) is 9.37. The van der Waals surface area contributed by atoms with Crippen molar-refractivity contribution in [3.05, 3.63) is 35.9 Å². The summed E-state index contributed by atoms with van der Waals surface area (Å²) in [5, 5.41) is 6.65. The number of aryl methyl sites for hydroxylation is 1. The van der Waals surface area contributed by atoms with Gasteiger partial charge in [-0.25, -0.2) is 0 Å². The maximum atomic E-state index is 3.49. The molecule has 1 aromatic carbocycles. The van der Waals surface area contributed by atoms with Gasteiger partial charge in [0, 0.05) is 0 Å². The summed E-state index contributed by atoms with van der Waals surface area (Å²) in [5.41, 5.74) is 1.44. The Hall–Kier alpha value is -0.860. The number of benzene rings is 1. The molecule has 2 nitrogen and oxygen atoms in total. The van der Waals surface area contributed by atoms with Gasteiger partial charge in [-0.05, 0) is 57.9 Å². The maximum Gasteiger partial charge on any atom is -0.00457 e. The number of nitrogens with one attached hydrogen (secondary N) is 2. The molecule has 0 amide bonds. The van der Waals surface area contributed by atoms with Gasteiger partial charge in [-0.15, -0.1) is 0 Å². The Morgan fingerprint density at radius 3 is 2.31 bits per heavy atom. The van der Waals surface area contributed by atoms with E-state index in [9.17, 15) is 0 Å². The number of hydrogen-bond donors (Lipinski definition) is 2. The smallest absolute Gasteiger partial charge is 0.00457 e. The van der Waals surface area contributed by atoms with E-state index in [1.807, 2.05) is 7.05 Å². The van der Waals surface area contributed by atoms with Crippen LogP contribution in [0.4, 0.5) is 0 Å². The molecule has 0 unspecified atom stereocenters. The van der Waals surface area contributed by atoms with Crippen LogP contribution in [0.2, 0.25) is 0 Å². The Labute approximate surface area is 99.5 Å². The van der Waals surface area contributed by atoms with Crippen LogP contribution < -0.4 is 10.6 Å². The highest BCUT2D eigenvalue weighted by Gasteiger charge is 1.92. The molecule has 0 radical (unpaired) electrons. The molecule has 0 bridgehead atoms. The molecule has 0 fully saturated rings.